The molecule has 0 aromatic heterocycles. The van der Waals surface area contributed by atoms with Gasteiger partial charge in [0.1, 0.15) is 11.2 Å². The lowest BCUT2D eigenvalue weighted by Gasteiger charge is -2.37. The van der Waals surface area contributed by atoms with E-state index in [1.165, 1.54) is 6.07 Å². The maximum Gasteiger partial charge on any atom is 0.237 e. The first kappa shape index (κ1) is 21.1. The first-order valence-corrected chi connectivity index (χ1v) is 10.6. The van der Waals surface area contributed by atoms with E-state index in [2.05, 4.69) is 16.7 Å². The standard InChI is InChI=1S/C23H22Cl2FN3O/c1-12-19(14-5-4-6-16(25)20(14)26)23(18(28-12)10-22(2,3)11-27)15-8-7-13(24)9-17(15)29-21(23)30/h4-9,12,18-19,28H,10H2,1-3H3,(H,29,30)/t12-,18-,19+,23+/m0/s1. The SMILES string of the molecule is C[C@@H]1N[C@@H](CC(C)(C)C#N)[C@@]2(C(=O)Nc3cc(Cl)ccc32)[C@H]1c1cccc(Cl)c1F. The fourth-order valence-corrected chi connectivity index (χ4v) is 5.54. The Bertz CT molecular complexity index is 1080. The lowest BCUT2D eigenvalue weighted by molar-refractivity contribution is -0.122. The Morgan fingerprint density at radius 1 is 1.27 bits per heavy atom. The minimum absolute atomic E-state index is 0.0189. The normalized spacial score (nSPS) is 27.8. The Morgan fingerprint density at radius 2 is 2.00 bits per heavy atom. The third kappa shape index (κ3) is 3.01. The number of carbonyl (C=O) groups excluding carboxylic acids is 1. The van der Waals surface area contributed by atoms with Crippen molar-refractivity contribution >= 4 is 34.8 Å². The average Bonchev–Trinajstić information content (AvgIpc) is 3.12. The van der Waals surface area contributed by atoms with E-state index < -0.39 is 22.6 Å². The molecule has 0 bridgehead atoms. The van der Waals surface area contributed by atoms with Crippen LogP contribution < -0.4 is 10.6 Å². The van der Waals surface area contributed by atoms with E-state index >= 15 is 4.39 Å². The number of fused-ring (bicyclic) bond motifs is 2. The van der Waals surface area contributed by atoms with Crippen LogP contribution in [0.3, 0.4) is 0 Å². The van der Waals surface area contributed by atoms with Gasteiger partial charge in [0.05, 0.1) is 16.5 Å². The second-order valence-corrected chi connectivity index (χ2v) is 9.69. The van der Waals surface area contributed by atoms with Gasteiger partial charge >= 0.3 is 0 Å². The van der Waals surface area contributed by atoms with E-state index in [1.54, 1.807) is 24.3 Å². The first-order chi connectivity index (χ1) is 14.1. The van der Waals surface area contributed by atoms with Crippen LogP contribution in [0.2, 0.25) is 10.0 Å². The molecule has 156 valence electrons. The number of anilines is 1. The van der Waals surface area contributed by atoms with Gasteiger partial charge in [-0.2, -0.15) is 5.26 Å². The quantitative estimate of drug-likeness (QED) is 0.663. The van der Waals surface area contributed by atoms with Gasteiger partial charge in [-0.05, 0) is 56.5 Å². The van der Waals surface area contributed by atoms with Crippen molar-refractivity contribution in [1.29, 1.82) is 5.26 Å². The highest BCUT2D eigenvalue weighted by Crippen LogP contribution is 2.56. The number of halogens is 3. The molecule has 30 heavy (non-hydrogen) atoms. The summed E-state index contributed by atoms with van der Waals surface area (Å²) in [6, 6.07) is 11.9. The van der Waals surface area contributed by atoms with Crippen LogP contribution in [-0.4, -0.2) is 18.0 Å². The van der Waals surface area contributed by atoms with E-state index in [0.717, 1.165) is 5.56 Å². The summed E-state index contributed by atoms with van der Waals surface area (Å²) in [5.74, 6) is -1.26. The number of nitriles is 1. The second kappa shape index (κ2) is 7.23. The second-order valence-electron chi connectivity index (χ2n) is 8.84. The molecule has 2 aromatic carbocycles. The molecular formula is C23H22Cl2FN3O. The van der Waals surface area contributed by atoms with Crippen molar-refractivity contribution in [3.05, 3.63) is 63.4 Å². The highest BCUT2D eigenvalue weighted by molar-refractivity contribution is 6.31. The predicted molar refractivity (Wildman–Crippen MR) is 116 cm³/mol. The van der Waals surface area contributed by atoms with Crippen molar-refractivity contribution in [3.63, 3.8) is 0 Å². The number of hydrogen-bond acceptors (Lipinski definition) is 3. The molecule has 2 aliphatic heterocycles. The van der Waals surface area contributed by atoms with E-state index in [0.29, 0.717) is 22.7 Å². The Hall–Kier alpha value is -2.13. The Kier molecular flexibility index (Phi) is 5.09. The maximum atomic E-state index is 15.2. The van der Waals surface area contributed by atoms with Crippen LogP contribution in [0.25, 0.3) is 0 Å². The zero-order valence-corrected chi connectivity index (χ0v) is 18.4. The molecule has 2 N–H and O–H groups in total. The van der Waals surface area contributed by atoms with E-state index in [4.69, 9.17) is 23.2 Å². The minimum atomic E-state index is -1.10. The lowest BCUT2D eigenvalue weighted by atomic mass is 9.62. The zero-order valence-electron chi connectivity index (χ0n) is 16.9. The number of nitrogens with zero attached hydrogens (tertiary/aromatic N) is 1. The largest absolute Gasteiger partial charge is 0.325 e. The zero-order chi connectivity index (χ0) is 21.8. The highest BCUT2D eigenvalue weighted by atomic mass is 35.5. The fraction of sp³-hybridized carbons (Fsp3) is 0.391. The smallest absolute Gasteiger partial charge is 0.237 e. The Labute approximate surface area is 185 Å². The van der Waals surface area contributed by atoms with Gasteiger partial charge in [0.25, 0.3) is 0 Å². The Balaban J connectivity index is 1.98. The maximum absolute atomic E-state index is 15.2. The van der Waals surface area contributed by atoms with Crippen LogP contribution in [0.15, 0.2) is 36.4 Å². The van der Waals surface area contributed by atoms with Crippen LogP contribution in [0.1, 0.15) is 44.2 Å². The van der Waals surface area contributed by atoms with Gasteiger partial charge in [-0.3, -0.25) is 4.79 Å². The van der Waals surface area contributed by atoms with Gasteiger partial charge < -0.3 is 10.6 Å². The van der Waals surface area contributed by atoms with Gasteiger partial charge in [0.2, 0.25) is 5.91 Å². The van der Waals surface area contributed by atoms with Crippen molar-refractivity contribution in [1.82, 2.24) is 5.32 Å². The first-order valence-electron chi connectivity index (χ1n) is 9.84. The summed E-state index contributed by atoms with van der Waals surface area (Å²) in [6.45, 7) is 5.62. The van der Waals surface area contributed by atoms with Crippen LogP contribution in [0.5, 0.6) is 0 Å². The summed E-state index contributed by atoms with van der Waals surface area (Å²) >= 11 is 12.3. The third-order valence-corrected chi connectivity index (χ3v) is 6.92. The molecule has 4 atom stereocenters. The molecule has 2 heterocycles. The molecule has 1 saturated heterocycles. The van der Waals surface area contributed by atoms with Crippen LogP contribution in [-0.2, 0) is 10.2 Å². The molecule has 4 rings (SSSR count). The summed E-state index contributed by atoms with van der Waals surface area (Å²) in [6.07, 6.45) is 0.419. The summed E-state index contributed by atoms with van der Waals surface area (Å²) in [5.41, 5.74) is -0.00850. The molecule has 1 amide bonds. The van der Waals surface area contributed by atoms with Crippen molar-refractivity contribution in [2.24, 2.45) is 5.41 Å². The predicted octanol–water partition coefficient (Wildman–Crippen LogP) is 5.41. The number of hydrogen-bond donors (Lipinski definition) is 2. The minimum Gasteiger partial charge on any atom is -0.325 e. The topological polar surface area (TPSA) is 64.9 Å². The van der Waals surface area contributed by atoms with Crippen molar-refractivity contribution < 1.29 is 9.18 Å². The summed E-state index contributed by atoms with van der Waals surface area (Å²) in [5, 5.41) is 16.6. The molecule has 1 spiro atoms. The van der Waals surface area contributed by atoms with E-state index in [-0.39, 0.29) is 23.0 Å². The van der Waals surface area contributed by atoms with Crippen molar-refractivity contribution in [2.45, 2.75) is 50.6 Å². The molecule has 0 aliphatic carbocycles. The van der Waals surface area contributed by atoms with E-state index in [1.807, 2.05) is 26.8 Å². The summed E-state index contributed by atoms with van der Waals surface area (Å²) in [7, 11) is 0. The van der Waals surface area contributed by atoms with Gasteiger partial charge in [0.15, 0.2) is 0 Å². The number of nitrogens with one attached hydrogen (secondary N) is 2. The van der Waals surface area contributed by atoms with E-state index in [9.17, 15) is 10.1 Å². The molecule has 0 unspecified atom stereocenters. The molecule has 0 saturated carbocycles. The third-order valence-electron chi connectivity index (χ3n) is 6.39. The Morgan fingerprint density at radius 3 is 2.70 bits per heavy atom. The number of amides is 1. The molecule has 1 fully saturated rings. The highest BCUT2D eigenvalue weighted by Gasteiger charge is 2.64. The molecule has 2 aromatic rings. The van der Waals surface area contributed by atoms with Crippen molar-refractivity contribution in [2.75, 3.05) is 5.32 Å². The van der Waals surface area contributed by atoms with Crippen molar-refractivity contribution in [3.8, 4) is 6.07 Å². The van der Waals surface area contributed by atoms with Crippen LogP contribution in [0.4, 0.5) is 10.1 Å². The van der Waals surface area contributed by atoms with Gasteiger partial charge in [0, 0.05) is 28.7 Å². The summed E-state index contributed by atoms with van der Waals surface area (Å²) in [4.78, 5) is 13.6. The molecule has 7 heteroatoms. The monoisotopic (exact) mass is 445 g/mol. The van der Waals surface area contributed by atoms with Gasteiger partial charge in [-0.25, -0.2) is 4.39 Å². The lowest BCUT2D eigenvalue weighted by Crippen LogP contribution is -2.49. The number of carbonyl (C=O) groups is 1. The number of rotatable bonds is 3. The van der Waals surface area contributed by atoms with Crippen LogP contribution >= 0.6 is 23.2 Å². The molecule has 0 radical (unpaired) electrons. The molecular weight excluding hydrogens is 424 g/mol. The summed E-state index contributed by atoms with van der Waals surface area (Å²) < 4.78 is 15.2. The van der Waals surface area contributed by atoms with Gasteiger partial charge in [-0.1, -0.05) is 41.4 Å². The average molecular weight is 446 g/mol. The van der Waals surface area contributed by atoms with Gasteiger partial charge in [-0.15, -0.1) is 0 Å². The van der Waals surface area contributed by atoms with Crippen LogP contribution in [0, 0.1) is 22.6 Å². The molecule has 4 nitrogen and oxygen atoms in total. The fourth-order valence-electron chi connectivity index (χ4n) is 5.19. The molecule has 2 aliphatic rings. The number of benzene rings is 2.